The van der Waals surface area contributed by atoms with E-state index in [9.17, 15) is 9.59 Å². The second kappa shape index (κ2) is 13.1. The van der Waals surface area contributed by atoms with Gasteiger partial charge in [0.05, 0.1) is 12.9 Å². The maximum Gasteiger partial charge on any atom is 0.242 e. The SMILES string of the molecule is CNC(=O)C(Cc1ccccc1)N(Cc1cccc(OC)c1)C(=O)CSCc1ccc(Cl)cc1. The third-order valence-corrected chi connectivity index (χ3v) is 6.65. The quantitative estimate of drug-likeness (QED) is 0.407. The highest BCUT2D eigenvalue weighted by molar-refractivity contribution is 7.99. The fraction of sp³-hybridized carbons (Fsp3) is 0.259. The summed E-state index contributed by atoms with van der Waals surface area (Å²) >= 11 is 7.49. The van der Waals surface area contributed by atoms with E-state index >= 15 is 0 Å². The van der Waals surface area contributed by atoms with E-state index < -0.39 is 6.04 Å². The number of carbonyl (C=O) groups is 2. The van der Waals surface area contributed by atoms with E-state index in [0.717, 1.165) is 16.7 Å². The molecular weight excluding hydrogens is 468 g/mol. The zero-order valence-electron chi connectivity index (χ0n) is 19.4. The Morgan fingerprint density at radius 2 is 1.68 bits per heavy atom. The molecule has 0 radical (unpaired) electrons. The van der Waals surface area contributed by atoms with Gasteiger partial charge < -0.3 is 15.0 Å². The lowest BCUT2D eigenvalue weighted by molar-refractivity contribution is -0.139. The van der Waals surface area contributed by atoms with Gasteiger partial charge in [-0.15, -0.1) is 11.8 Å². The number of amides is 2. The summed E-state index contributed by atoms with van der Waals surface area (Å²) in [5.41, 5.74) is 2.99. The lowest BCUT2D eigenvalue weighted by Gasteiger charge is -2.31. The van der Waals surface area contributed by atoms with Gasteiger partial charge >= 0.3 is 0 Å². The molecule has 7 heteroatoms. The second-order valence-electron chi connectivity index (χ2n) is 7.81. The van der Waals surface area contributed by atoms with Crippen molar-refractivity contribution in [1.82, 2.24) is 10.2 Å². The van der Waals surface area contributed by atoms with E-state index in [2.05, 4.69) is 5.32 Å². The zero-order valence-corrected chi connectivity index (χ0v) is 20.9. The first-order valence-corrected chi connectivity index (χ1v) is 12.5. The van der Waals surface area contributed by atoms with Crippen LogP contribution in [0.5, 0.6) is 5.75 Å². The predicted octanol–water partition coefficient (Wildman–Crippen LogP) is 4.97. The third kappa shape index (κ3) is 7.54. The molecule has 0 heterocycles. The number of likely N-dealkylation sites (N-methyl/N-ethyl adjacent to an activating group) is 1. The number of rotatable bonds is 11. The van der Waals surface area contributed by atoms with Gasteiger partial charge in [-0.1, -0.05) is 66.2 Å². The van der Waals surface area contributed by atoms with E-state index in [-0.39, 0.29) is 17.6 Å². The molecule has 3 aromatic rings. The molecule has 0 aromatic heterocycles. The Kier molecular flexibility index (Phi) is 9.86. The molecule has 3 aromatic carbocycles. The normalized spacial score (nSPS) is 11.5. The predicted molar refractivity (Wildman–Crippen MR) is 139 cm³/mol. The first-order chi connectivity index (χ1) is 16.5. The van der Waals surface area contributed by atoms with Gasteiger partial charge in [0.1, 0.15) is 11.8 Å². The number of thioether (sulfide) groups is 1. The van der Waals surface area contributed by atoms with Crippen LogP contribution in [0.15, 0.2) is 78.9 Å². The highest BCUT2D eigenvalue weighted by atomic mass is 35.5. The number of benzene rings is 3. The van der Waals surface area contributed by atoms with E-state index in [0.29, 0.717) is 29.5 Å². The Balaban J connectivity index is 1.81. The maximum absolute atomic E-state index is 13.5. The van der Waals surface area contributed by atoms with Crippen LogP contribution >= 0.6 is 23.4 Å². The molecule has 1 atom stereocenters. The number of ether oxygens (including phenoxy) is 1. The van der Waals surface area contributed by atoms with E-state index in [1.165, 1.54) is 11.8 Å². The van der Waals surface area contributed by atoms with Crippen molar-refractivity contribution in [3.63, 3.8) is 0 Å². The summed E-state index contributed by atoms with van der Waals surface area (Å²) in [6.07, 6.45) is 0.429. The number of nitrogens with one attached hydrogen (secondary N) is 1. The van der Waals surface area contributed by atoms with Crippen molar-refractivity contribution in [2.75, 3.05) is 19.9 Å². The smallest absolute Gasteiger partial charge is 0.242 e. The molecule has 0 aliphatic carbocycles. The maximum atomic E-state index is 13.5. The van der Waals surface area contributed by atoms with Crippen LogP contribution in [-0.4, -0.2) is 42.7 Å². The first kappa shape index (κ1) is 25.7. The van der Waals surface area contributed by atoms with Gasteiger partial charge in [0, 0.05) is 30.8 Å². The van der Waals surface area contributed by atoms with Gasteiger partial charge in [0.25, 0.3) is 0 Å². The molecule has 0 saturated carbocycles. The van der Waals surface area contributed by atoms with Gasteiger partial charge in [0.15, 0.2) is 0 Å². The molecule has 1 N–H and O–H groups in total. The number of hydrogen-bond acceptors (Lipinski definition) is 4. The minimum Gasteiger partial charge on any atom is -0.497 e. The summed E-state index contributed by atoms with van der Waals surface area (Å²) in [4.78, 5) is 28.1. The lowest BCUT2D eigenvalue weighted by Crippen LogP contribution is -2.50. The van der Waals surface area contributed by atoms with Crippen LogP contribution < -0.4 is 10.1 Å². The summed E-state index contributed by atoms with van der Waals surface area (Å²) in [6.45, 7) is 0.308. The molecule has 0 aliphatic rings. The molecule has 0 fully saturated rings. The summed E-state index contributed by atoms with van der Waals surface area (Å²) in [6, 6.07) is 24.3. The summed E-state index contributed by atoms with van der Waals surface area (Å²) < 4.78 is 5.35. The molecule has 5 nitrogen and oxygen atoms in total. The van der Waals surface area contributed by atoms with Crippen molar-refractivity contribution < 1.29 is 14.3 Å². The fourth-order valence-electron chi connectivity index (χ4n) is 3.61. The number of carbonyl (C=O) groups excluding carboxylic acids is 2. The largest absolute Gasteiger partial charge is 0.497 e. The molecule has 1 unspecified atom stereocenters. The highest BCUT2D eigenvalue weighted by Gasteiger charge is 2.29. The van der Waals surface area contributed by atoms with Crippen LogP contribution in [-0.2, 0) is 28.3 Å². The highest BCUT2D eigenvalue weighted by Crippen LogP contribution is 2.21. The third-order valence-electron chi connectivity index (χ3n) is 5.41. The Morgan fingerprint density at radius 1 is 0.971 bits per heavy atom. The van der Waals surface area contributed by atoms with Crippen molar-refractivity contribution in [2.24, 2.45) is 0 Å². The minimum atomic E-state index is -0.637. The molecule has 2 amide bonds. The summed E-state index contributed by atoms with van der Waals surface area (Å²) in [7, 11) is 3.21. The molecule has 178 valence electrons. The van der Waals surface area contributed by atoms with Crippen LogP contribution in [0.4, 0.5) is 0 Å². The van der Waals surface area contributed by atoms with Gasteiger partial charge in [0.2, 0.25) is 11.8 Å². The Bertz CT molecular complexity index is 1080. The number of hydrogen-bond donors (Lipinski definition) is 1. The van der Waals surface area contributed by atoms with Gasteiger partial charge in [-0.3, -0.25) is 9.59 Å². The second-order valence-corrected chi connectivity index (χ2v) is 9.23. The van der Waals surface area contributed by atoms with Crippen molar-refractivity contribution in [3.05, 3.63) is 101 Å². The zero-order chi connectivity index (χ0) is 24.3. The van der Waals surface area contributed by atoms with Crippen LogP contribution in [0.1, 0.15) is 16.7 Å². The molecule has 0 aliphatic heterocycles. The molecule has 3 rings (SSSR count). The standard InChI is InChI=1S/C27H29ClN2O3S/c1-29-27(32)25(16-20-7-4-3-5-8-20)30(17-22-9-6-10-24(15-22)33-2)26(31)19-34-18-21-11-13-23(28)14-12-21/h3-15,25H,16-19H2,1-2H3,(H,29,32). The van der Waals surface area contributed by atoms with Crippen LogP contribution in [0.3, 0.4) is 0 Å². The van der Waals surface area contributed by atoms with Crippen molar-refractivity contribution >= 4 is 35.2 Å². The molecule has 0 saturated heterocycles. The van der Waals surface area contributed by atoms with Crippen molar-refractivity contribution in [3.8, 4) is 5.75 Å². The average Bonchev–Trinajstić information content (AvgIpc) is 2.87. The Hall–Kier alpha value is -2.96. The van der Waals surface area contributed by atoms with Crippen LogP contribution in [0.25, 0.3) is 0 Å². The molecule has 34 heavy (non-hydrogen) atoms. The summed E-state index contributed by atoms with van der Waals surface area (Å²) in [5, 5.41) is 3.42. The van der Waals surface area contributed by atoms with E-state index in [4.69, 9.17) is 16.3 Å². The Morgan fingerprint density at radius 3 is 2.35 bits per heavy atom. The lowest BCUT2D eigenvalue weighted by atomic mass is 10.0. The van der Waals surface area contributed by atoms with Crippen LogP contribution in [0, 0.1) is 0 Å². The molecular formula is C27H29ClN2O3S. The van der Waals surface area contributed by atoms with Crippen molar-refractivity contribution in [1.29, 1.82) is 0 Å². The monoisotopic (exact) mass is 496 g/mol. The number of nitrogens with zero attached hydrogens (tertiary/aromatic N) is 1. The summed E-state index contributed by atoms with van der Waals surface area (Å²) in [5.74, 6) is 1.37. The van der Waals surface area contributed by atoms with E-state index in [1.54, 1.807) is 19.1 Å². The minimum absolute atomic E-state index is 0.0914. The van der Waals surface area contributed by atoms with Gasteiger partial charge in [-0.25, -0.2) is 0 Å². The van der Waals surface area contributed by atoms with E-state index in [1.807, 2.05) is 78.9 Å². The van der Waals surface area contributed by atoms with Gasteiger partial charge in [-0.05, 0) is 41.0 Å². The van der Waals surface area contributed by atoms with Crippen molar-refractivity contribution in [2.45, 2.75) is 24.8 Å². The topological polar surface area (TPSA) is 58.6 Å². The van der Waals surface area contributed by atoms with Crippen LogP contribution in [0.2, 0.25) is 5.02 Å². The Labute approximate surface area is 210 Å². The number of halogens is 1. The van der Waals surface area contributed by atoms with Gasteiger partial charge in [-0.2, -0.15) is 0 Å². The number of methoxy groups -OCH3 is 1. The molecule has 0 spiro atoms. The molecule has 0 bridgehead atoms. The average molecular weight is 497 g/mol. The fourth-order valence-corrected chi connectivity index (χ4v) is 4.60. The first-order valence-electron chi connectivity index (χ1n) is 11.0.